The van der Waals surface area contributed by atoms with E-state index in [1.54, 1.807) is 11.1 Å². The van der Waals surface area contributed by atoms with Crippen LogP contribution in [0.2, 0.25) is 0 Å². The van der Waals surface area contributed by atoms with Gasteiger partial charge in [0.05, 0.1) is 0 Å². The van der Waals surface area contributed by atoms with Crippen LogP contribution in [0.25, 0.3) is 0 Å². The van der Waals surface area contributed by atoms with Crippen LogP contribution in [0.1, 0.15) is 67.9 Å². The zero-order valence-electron chi connectivity index (χ0n) is 16.3. The van der Waals surface area contributed by atoms with E-state index in [-0.39, 0.29) is 0 Å². The van der Waals surface area contributed by atoms with Gasteiger partial charge in [0.2, 0.25) is 0 Å². The van der Waals surface area contributed by atoms with E-state index in [1.807, 2.05) is 0 Å². The fourth-order valence-corrected chi connectivity index (χ4v) is 8.47. The molecule has 0 radical (unpaired) electrons. The van der Waals surface area contributed by atoms with Crippen LogP contribution in [0, 0.1) is 35.5 Å². The molecule has 6 atom stereocenters. The third kappa shape index (κ3) is 2.48. The smallest absolute Gasteiger partial charge is 0.0122 e. The van der Waals surface area contributed by atoms with Crippen molar-refractivity contribution in [3.63, 3.8) is 0 Å². The minimum absolute atomic E-state index is 0.788. The first-order valence-corrected chi connectivity index (χ1v) is 11.5. The van der Waals surface area contributed by atoms with Crippen molar-refractivity contribution in [2.75, 3.05) is 0 Å². The maximum Gasteiger partial charge on any atom is -0.0122 e. The molecule has 4 fully saturated rings. The lowest BCUT2D eigenvalue weighted by atomic mass is 9.62. The first kappa shape index (κ1) is 16.4. The Balaban J connectivity index is 1.46. The van der Waals surface area contributed by atoms with Crippen molar-refractivity contribution >= 4 is 0 Å². The molecule has 27 heavy (non-hydrogen) atoms. The number of hydrogen-bond donors (Lipinski definition) is 0. The second-order valence-corrected chi connectivity index (χ2v) is 9.95. The molecule has 0 amide bonds. The van der Waals surface area contributed by atoms with Gasteiger partial charge in [0, 0.05) is 0 Å². The van der Waals surface area contributed by atoms with E-state index in [0.29, 0.717) is 0 Å². The first-order valence-electron chi connectivity index (χ1n) is 11.5. The molecule has 2 aromatic carbocycles. The molecular weight excluding hydrogens is 324 g/mol. The Bertz CT molecular complexity index is 713. The molecule has 4 aliphatic rings. The number of fused-ring (bicyclic) bond motifs is 3. The van der Waals surface area contributed by atoms with E-state index in [0.717, 1.165) is 47.3 Å². The van der Waals surface area contributed by atoms with Gasteiger partial charge < -0.3 is 0 Å². The van der Waals surface area contributed by atoms with Gasteiger partial charge in [-0.15, -0.1) is 0 Å². The minimum atomic E-state index is 0.788. The van der Waals surface area contributed by atoms with Gasteiger partial charge in [-0.05, 0) is 77.7 Å². The minimum Gasteiger partial charge on any atom is -0.0622 e. The molecule has 4 saturated carbocycles. The van der Waals surface area contributed by atoms with Gasteiger partial charge in [0.1, 0.15) is 0 Å². The van der Waals surface area contributed by atoms with Crippen LogP contribution >= 0.6 is 0 Å². The fourth-order valence-electron chi connectivity index (χ4n) is 8.47. The van der Waals surface area contributed by atoms with Crippen molar-refractivity contribution < 1.29 is 0 Å². The van der Waals surface area contributed by atoms with Crippen molar-refractivity contribution in [2.45, 2.75) is 56.8 Å². The molecule has 6 rings (SSSR count). The Hall–Kier alpha value is -1.56. The van der Waals surface area contributed by atoms with Crippen molar-refractivity contribution in [3.8, 4) is 0 Å². The SMILES string of the molecule is c1ccc(C2CC(c3ccccc3)C3C4CCCC5CCCC(C54)C23)cc1. The van der Waals surface area contributed by atoms with Crippen LogP contribution in [0.3, 0.4) is 0 Å². The maximum absolute atomic E-state index is 2.43. The Kier molecular flexibility index (Phi) is 3.95. The quantitative estimate of drug-likeness (QED) is 0.541. The highest BCUT2D eigenvalue weighted by Gasteiger charge is 2.61. The highest BCUT2D eigenvalue weighted by molar-refractivity contribution is 5.31. The average molecular weight is 357 g/mol. The van der Waals surface area contributed by atoms with Gasteiger partial charge in [-0.25, -0.2) is 0 Å². The van der Waals surface area contributed by atoms with Gasteiger partial charge in [-0.1, -0.05) is 86.3 Å². The van der Waals surface area contributed by atoms with Crippen molar-refractivity contribution in [3.05, 3.63) is 71.8 Å². The molecule has 0 aliphatic heterocycles. The summed E-state index contributed by atoms with van der Waals surface area (Å²) in [5, 5.41) is 0. The molecule has 0 heterocycles. The predicted molar refractivity (Wildman–Crippen MR) is 112 cm³/mol. The van der Waals surface area contributed by atoms with Gasteiger partial charge in [0.15, 0.2) is 0 Å². The van der Waals surface area contributed by atoms with Gasteiger partial charge in [-0.2, -0.15) is 0 Å². The van der Waals surface area contributed by atoms with E-state index < -0.39 is 0 Å². The zero-order chi connectivity index (χ0) is 17.8. The third-order valence-electron chi connectivity index (χ3n) is 9.08. The van der Waals surface area contributed by atoms with Crippen LogP contribution in [0.4, 0.5) is 0 Å². The summed E-state index contributed by atoms with van der Waals surface area (Å²) in [4.78, 5) is 0. The Morgan fingerprint density at radius 1 is 0.519 bits per heavy atom. The van der Waals surface area contributed by atoms with Crippen LogP contribution in [0.15, 0.2) is 60.7 Å². The zero-order valence-corrected chi connectivity index (χ0v) is 16.3. The largest absolute Gasteiger partial charge is 0.0622 e. The van der Waals surface area contributed by atoms with E-state index in [2.05, 4.69) is 60.7 Å². The van der Waals surface area contributed by atoms with Gasteiger partial charge >= 0.3 is 0 Å². The highest BCUT2D eigenvalue weighted by Crippen LogP contribution is 2.69. The standard InChI is InChI=1S/C27H32/c1-3-9-18(10-4-1)23-17-24(19-11-5-2-6-12-19)27-22-16-8-14-20-13-7-15-21(25(20)22)26(23)27/h1-6,9-12,20-27H,7-8,13-17H2. The Labute approximate surface area is 164 Å². The molecule has 2 aromatic rings. The fraction of sp³-hybridized carbons (Fsp3) is 0.556. The lowest BCUT2D eigenvalue weighted by molar-refractivity contribution is 0.0728. The van der Waals surface area contributed by atoms with E-state index >= 15 is 0 Å². The second-order valence-electron chi connectivity index (χ2n) is 9.95. The van der Waals surface area contributed by atoms with Gasteiger partial charge in [0.25, 0.3) is 0 Å². The lowest BCUT2D eigenvalue weighted by Crippen LogP contribution is -2.34. The Morgan fingerprint density at radius 3 is 1.48 bits per heavy atom. The van der Waals surface area contributed by atoms with E-state index in [1.165, 1.54) is 44.9 Å². The van der Waals surface area contributed by atoms with Crippen molar-refractivity contribution in [1.29, 1.82) is 0 Å². The van der Waals surface area contributed by atoms with Crippen molar-refractivity contribution in [1.82, 2.24) is 0 Å². The molecular formula is C27H32. The molecule has 0 spiro atoms. The van der Waals surface area contributed by atoms with E-state index in [4.69, 9.17) is 0 Å². The van der Waals surface area contributed by atoms with Crippen LogP contribution in [-0.4, -0.2) is 0 Å². The molecule has 6 unspecified atom stereocenters. The summed E-state index contributed by atoms with van der Waals surface area (Å²) in [6, 6.07) is 23.2. The summed E-state index contributed by atoms with van der Waals surface area (Å²) in [5.74, 6) is 7.59. The summed E-state index contributed by atoms with van der Waals surface area (Å²) in [7, 11) is 0. The number of rotatable bonds is 2. The van der Waals surface area contributed by atoms with Gasteiger partial charge in [-0.3, -0.25) is 0 Å². The predicted octanol–water partition coefficient (Wildman–Crippen LogP) is 7.04. The normalized spacial score (nSPS) is 42.5. The molecule has 0 aromatic heterocycles. The molecule has 4 aliphatic carbocycles. The monoisotopic (exact) mass is 356 g/mol. The molecule has 0 saturated heterocycles. The first-order chi connectivity index (χ1) is 13.4. The number of benzene rings is 2. The molecule has 0 N–H and O–H groups in total. The third-order valence-corrected chi connectivity index (χ3v) is 9.08. The summed E-state index contributed by atoms with van der Waals surface area (Å²) in [6.45, 7) is 0. The summed E-state index contributed by atoms with van der Waals surface area (Å²) < 4.78 is 0. The van der Waals surface area contributed by atoms with E-state index in [9.17, 15) is 0 Å². The van der Waals surface area contributed by atoms with Crippen LogP contribution in [0.5, 0.6) is 0 Å². The van der Waals surface area contributed by atoms with Crippen LogP contribution < -0.4 is 0 Å². The molecule has 140 valence electrons. The summed E-state index contributed by atoms with van der Waals surface area (Å²) in [5.41, 5.74) is 3.26. The summed E-state index contributed by atoms with van der Waals surface area (Å²) >= 11 is 0. The molecule has 0 nitrogen and oxygen atoms in total. The maximum atomic E-state index is 2.43. The topological polar surface area (TPSA) is 0 Å². The second kappa shape index (κ2) is 6.50. The number of hydrogen-bond acceptors (Lipinski definition) is 0. The summed E-state index contributed by atoms with van der Waals surface area (Å²) in [6.07, 6.45) is 10.5. The molecule has 0 bridgehead atoms. The highest BCUT2D eigenvalue weighted by atomic mass is 14.7. The molecule has 0 heteroatoms. The lowest BCUT2D eigenvalue weighted by Gasteiger charge is -2.43. The van der Waals surface area contributed by atoms with Crippen LogP contribution in [-0.2, 0) is 0 Å². The van der Waals surface area contributed by atoms with Crippen molar-refractivity contribution in [2.24, 2.45) is 35.5 Å². The average Bonchev–Trinajstić information content (AvgIpc) is 3.28. The Morgan fingerprint density at radius 2 is 1.00 bits per heavy atom.